The van der Waals surface area contributed by atoms with E-state index in [9.17, 15) is 4.39 Å². The van der Waals surface area contributed by atoms with Crippen LogP contribution >= 0.6 is 0 Å². The number of rotatable bonds is 2. The summed E-state index contributed by atoms with van der Waals surface area (Å²) in [5.41, 5.74) is 0.387. The molecule has 0 atom stereocenters. The standard InChI is InChI=1S/C7H9FN2O/c1-10(11)5-6-3-2-4-9-7(6)8/h2-4,11H,5H2,1H3. The molecule has 0 saturated carbocycles. The minimum Gasteiger partial charge on any atom is -0.314 e. The highest BCUT2D eigenvalue weighted by atomic mass is 19.1. The number of hydrogen-bond acceptors (Lipinski definition) is 3. The molecule has 0 saturated heterocycles. The van der Waals surface area contributed by atoms with Crippen molar-refractivity contribution in [2.45, 2.75) is 6.54 Å². The second kappa shape index (κ2) is 3.41. The smallest absolute Gasteiger partial charge is 0.217 e. The van der Waals surface area contributed by atoms with Crippen LogP contribution in [-0.4, -0.2) is 22.3 Å². The van der Waals surface area contributed by atoms with Crippen LogP contribution in [0.15, 0.2) is 18.3 Å². The Morgan fingerprint density at radius 2 is 2.45 bits per heavy atom. The minimum atomic E-state index is -0.534. The van der Waals surface area contributed by atoms with Gasteiger partial charge in [-0.1, -0.05) is 6.07 Å². The van der Waals surface area contributed by atoms with Crippen molar-refractivity contribution in [2.24, 2.45) is 0 Å². The molecule has 0 aliphatic rings. The van der Waals surface area contributed by atoms with Crippen molar-refractivity contribution in [3.8, 4) is 0 Å². The highest BCUT2D eigenvalue weighted by Gasteiger charge is 2.02. The molecule has 1 N–H and O–H groups in total. The van der Waals surface area contributed by atoms with Crippen LogP contribution < -0.4 is 0 Å². The maximum Gasteiger partial charge on any atom is 0.217 e. The molecule has 0 amide bonds. The molecule has 1 aromatic heterocycles. The highest BCUT2D eigenvalue weighted by Crippen LogP contribution is 2.04. The zero-order valence-electron chi connectivity index (χ0n) is 6.16. The molecule has 4 heteroatoms. The largest absolute Gasteiger partial charge is 0.314 e. The fourth-order valence-corrected chi connectivity index (χ4v) is 0.784. The van der Waals surface area contributed by atoms with E-state index in [1.807, 2.05) is 0 Å². The molecule has 1 rings (SSSR count). The van der Waals surface area contributed by atoms with E-state index in [2.05, 4.69) is 4.98 Å². The van der Waals surface area contributed by atoms with E-state index in [1.54, 1.807) is 12.1 Å². The number of hydroxylamine groups is 2. The first kappa shape index (κ1) is 8.10. The summed E-state index contributed by atoms with van der Waals surface area (Å²) in [5.74, 6) is -0.534. The Bertz CT molecular complexity index is 240. The average molecular weight is 156 g/mol. The van der Waals surface area contributed by atoms with Gasteiger partial charge in [-0.3, -0.25) is 0 Å². The molecule has 0 bridgehead atoms. The number of hydrogen-bond donors (Lipinski definition) is 1. The fraction of sp³-hybridized carbons (Fsp3) is 0.286. The molecule has 0 spiro atoms. The topological polar surface area (TPSA) is 36.4 Å². The molecule has 0 aromatic carbocycles. The molecular formula is C7H9FN2O. The zero-order valence-corrected chi connectivity index (χ0v) is 6.16. The molecule has 1 aromatic rings. The summed E-state index contributed by atoms with van der Waals surface area (Å²) in [4.78, 5) is 3.43. The summed E-state index contributed by atoms with van der Waals surface area (Å²) in [7, 11) is 1.45. The lowest BCUT2D eigenvalue weighted by atomic mass is 10.3. The van der Waals surface area contributed by atoms with E-state index in [1.165, 1.54) is 13.2 Å². The van der Waals surface area contributed by atoms with Gasteiger partial charge in [0.05, 0.1) is 6.54 Å². The Morgan fingerprint density at radius 1 is 1.73 bits per heavy atom. The van der Waals surface area contributed by atoms with Crippen molar-refractivity contribution in [3.05, 3.63) is 29.8 Å². The van der Waals surface area contributed by atoms with Crippen molar-refractivity contribution < 1.29 is 9.60 Å². The van der Waals surface area contributed by atoms with Crippen LogP contribution in [0.3, 0.4) is 0 Å². The number of pyridine rings is 1. The summed E-state index contributed by atoms with van der Waals surface area (Å²) >= 11 is 0. The van der Waals surface area contributed by atoms with Gasteiger partial charge in [0.15, 0.2) is 0 Å². The maximum absolute atomic E-state index is 12.7. The van der Waals surface area contributed by atoms with Crippen molar-refractivity contribution in [1.82, 2.24) is 10.0 Å². The lowest BCUT2D eigenvalue weighted by Gasteiger charge is -2.07. The molecule has 0 aliphatic heterocycles. The molecule has 11 heavy (non-hydrogen) atoms. The SMILES string of the molecule is CN(O)Cc1cccnc1F. The summed E-state index contributed by atoms with van der Waals surface area (Å²) in [5, 5.41) is 9.67. The van der Waals surface area contributed by atoms with Gasteiger partial charge in [-0.2, -0.15) is 9.45 Å². The molecule has 1 heterocycles. The third-order valence-corrected chi connectivity index (χ3v) is 1.24. The molecule has 0 unspecified atom stereocenters. The third-order valence-electron chi connectivity index (χ3n) is 1.24. The van der Waals surface area contributed by atoms with Crippen molar-refractivity contribution >= 4 is 0 Å². The van der Waals surface area contributed by atoms with Crippen LogP contribution in [0.4, 0.5) is 4.39 Å². The van der Waals surface area contributed by atoms with Gasteiger partial charge < -0.3 is 5.21 Å². The first-order valence-electron chi connectivity index (χ1n) is 3.19. The summed E-state index contributed by atoms with van der Waals surface area (Å²) < 4.78 is 12.7. The van der Waals surface area contributed by atoms with E-state index in [0.29, 0.717) is 5.56 Å². The molecule has 0 aliphatic carbocycles. The van der Waals surface area contributed by atoms with Crippen LogP contribution in [0.1, 0.15) is 5.56 Å². The van der Waals surface area contributed by atoms with Crippen molar-refractivity contribution in [1.29, 1.82) is 0 Å². The maximum atomic E-state index is 12.7. The van der Waals surface area contributed by atoms with Crippen LogP contribution in [0.2, 0.25) is 0 Å². The zero-order chi connectivity index (χ0) is 8.27. The van der Waals surface area contributed by atoms with Gasteiger partial charge in [-0.25, -0.2) is 4.98 Å². The van der Waals surface area contributed by atoms with Crippen LogP contribution in [-0.2, 0) is 6.54 Å². The van der Waals surface area contributed by atoms with Gasteiger partial charge in [-0.15, -0.1) is 0 Å². The molecular weight excluding hydrogens is 147 g/mol. The first-order valence-corrected chi connectivity index (χ1v) is 3.19. The second-order valence-corrected chi connectivity index (χ2v) is 2.27. The Balaban J connectivity index is 2.78. The lowest BCUT2D eigenvalue weighted by molar-refractivity contribution is -0.0739. The average Bonchev–Trinajstić information content (AvgIpc) is 1.93. The summed E-state index contributed by atoms with van der Waals surface area (Å²) in [6, 6.07) is 3.21. The monoisotopic (exact) mass is 156 g/mol. The van der Waals surface area contributed by atoms with E-state index in [4.69, 9.17) is 5.21 Å². The van der Waals surface area contributed by atoms with Crippen molar-refractivity contribution in [2.75, 3.05) is 7.05 Å². The van der Waals surface area contributed by atoms with Gasteiger partial charge in [0.25, 0.3) is 0 Å². The third kappa shape index (κ3) is 2.25. The molecule has 3 nitrogen and oxygen atoms in total. The van der Waals surface area contributed by atoms with Crippen molar-refractivity contribution in [3.63, 3.8) is 0 Å². The summed E-state index contributed by atoms with van der Waals surface area (Å²) in [6.07, 6.45) is 1.37. The predicted molar refractivity (Wildman–Crippen MR) is 37.4 cm³/mol. The Hall–Kier alpha value is -1.00. The fourth-order valence-electron chi connectivity index (χ4n) is 0.784. The van der Waals surface area contributed by atoms with Crippen LogP contribution in [0.5, 0.6) is 0 Å². The van der Waals surface area contributed by atoms with Gasteiger partial charge >= 0.3 is 0 Å². The molecule has 0 radical (unpaired) electrons. The van der Waals surface area contributed by atoms with E-state index < -0.39 is 5.95 Å². The van der Waals surface area contributed by atoms with E-state index in [-0.39, 0.29) is 6.54 Å². The number of aromatic nitrogens is 1. The summed E-state index contributed by atoms with van der Waals surface area (Å²) in [6.45, 7) is 0.152. The first-order chi connectivity index (χ1) is 5.20. The van der Waals surface area contributed by atoms with Gasteiger partial charge in [-0.05, 0) is 6.07 Å². The highest BCUT2D eigenvalue weighted by molar-refractivity contribution is 5.09. The molecule has 60 valence electrons. The van der Waals surface area contributed by atoms with E-state index >= 15 is 0 Å². The van der Waals surface area contributed by atoms with Crippen LogP contribution in [0.25, 0.3) is 0 Å². The van der Waals surface area contributed by atoms with Gasteiger partial charge in [0.1, 0.15) is 0 Å². The molecule has 0 fully saturated rings. The number of nitrogens with zero attached hydrogens (tertiary/aromatic N) is 2. The quantitative estimate of drug-likeness (QED) is 0.513. The van der Waals surface area contributed by atoms with Gasteiger partial charge in [0, 0.05) is 18.8 Å². The minimum absolute atomic E-state index is 0.152. The van der Waals surface area contributed by atoms with E-state index in [0.717, 1.165) is 5.06 Å². The lowest BCUT2D eigenvalue weighted by Crippen LogP contribution is -2.13. The Labute approximate surface area is 64.1 Å². The van der Waals surface area contributed by atoms with Crippen LogP contribution in [0, 0.1) is 5.95 Å². The van der Waals surface area contributed by atoms with Gasteiger partial charge in [0.2, 0.25) is 5.95 Å². The number of halogens is 1. The Morgan fingerprint density at radius 3 is 3.00 bits per heavy atom. The Kier molecular flexibility index (Phi) is 2.51. The predicted octanol–water partition coefficient (Wildman–Crippen LogP) is 1.04. The second-order valence-electron chi connectivity index (χ2n) is 2.27. The normalized spacial score (nSPS) is 10.5.